The average molecular weight is 409 g/mol. The molecule has 0 saturated carbocycles. The van der Waals surface area contributed by atoms with Gasteiger partial charge in [0.25, 0.3) is 11.6 Å². The summed E-state index contributed by atoms with van der Waals surface area (Å²) in [6, 6.07) is 7.03. The van der Waals surface area contributed by atoms with E-state index in [1.807, 2.05) is 4.90 Å². The molecule has 7 nitrogen and oxygen atoms in total. The first-order valence-electron chi connectivity index (χ1n) is 7.55. The second kappa shape index (κ2) is 7.14. The zero-order valence-electron chi connectivity index (χ0n) is 13.1. The lowest BCUT2D eigenvalue weighted by Crippen LogP contribution is -2.49. The van der Waals surface area contributed by atoms with Gasteiger partial charge >= 0.3 is 0 Å². The van der Waals surface area contributed by atoms with Gasteiger partial charge in [0.1, 0.15) is 17.8 Å². The quantitative estimate of drug-likeness (QED) is 0.576. The van der Waals surface area contributed by atoms with Crippen molar-refractivity contribution in [3.05, 3.63) is 62.5 Å². The van der Waals surface area contributed by atoms with Crippen LogP contribution in [-0.4, -0.2) is 46.9 Å². The van der Waals surface area contributed by atoms with Gasteiger partial charge in [0, 0.05) is 36.7 Å². The maximum Gasteiger partial charge on any atom is 0.287 e. The second-order valence-electron chi connectivity index (χ2n) is 5.54. The number of nitro groups is 1. The van der Waals surface area contributed by atoms with Crippen LogP contribution < -0.4 is 4.90 Å². The summed E-state index contributed by atoms with van der Waals surface area (Å²) in [4.78, 5) is 30.4. The van der Waals surface area contributed by atoms with Gasteiger partial charge in [0.2, 0.25) is 0 Å². The van der Waals surface area contributed by atoms with E-state index in [4.69, 9.17) is 0 Å². The van der Waals surface area contributed by atoms with E-state index in [0.717, 1.165) is 0 Å². The lowest BCUT2D eigenvalue weighted by atomic mass is 10.1. The number of halogens is 2. The number of hydrogen-bond donors (Lipinski definition) is 0. The van der Waals surface area contributed by atoms with Crippen molar-refractivity contribution in [3.8, 4) is 0 Å². The van der Waals surface area contributed by atoms with Crippen molar-refractivity contribution in [2.75, 3.05) is 31.1 Å². The van der Waals surface area contributed by atoms with Crippen LogP contribution in [0, 0.1) is 15.9 Å². The van der Waals surface area contributed by atoms with E-state index in [0.29, 0.717) is 42.0 Å². The van der Waals surface area contributed by atoms with Gasteiger partial charge in [0.05, 0.1) is 10.5 Å². The molecule has 130 valence electrons. The lowest BCUT2D eigenvalue weighted by Gasteiger charge is -2.35. The molecule has 0 atom stereocenters. The number of nitrogens with zero attached hydrogens (tertiary/aromatic N) is 4. The minimum Gasteiger partial charge on any atom is -0.353 e. The van der Waals surface area contributed by atoms with E-state index in [1.165, 1.54) is 30.5 Å². The number of amides is 1. The number of hydrogen-bond acceptors (Lipinski definition) is 5. The molecule has 0 radical (unpaired) electrons. The third-order valence-corrected chi connectivity index (χ3v) is 4.68. The monoisotopic (exact) mass is 408 g/mol. The number of aromatic nitrogens is 1. The fraction of sp³-hybridized carbons (Fsp3) is 0.250. The highest BCUT2D eigenvalue weighted by atomic mass is 79.9. The van der Waals surface area contributed by atoms with Crippen molar-refractivity contribution < 1.29 is 14.1 Å². The summed E-state index contributed by atoms with van der Waals surface area (Å²) in [5.74, 6) is -0.0624. The molecule has 2 aromatic rings. The van der Waals surface area contributed by atoms with Crippen molar-refractivity contribution in [2.45, 2.75) is 0 Å². The number of benzene rings is 1. The fourth-order valence-corrected chi connectivity index (χ4v) is 3.06. The van der Waals surface area contributed by atoms with E-state index in [9.17, 15) is 19.3 Å². The molecule has 0 spiro atoms. The van der Waals surface area contributed by atoms with Gasteiger partial charge in [-0.05, 0) is 40.2 Å². The average Bonchev–Trinajstić information content (AvgIpc) is 2.63. The molecule has 25 heavy (non-hydrogen) atoms. The van der Waals surface area contributed by atoms with E-state index < -0.39 is 10.7 Å². The topological polar surface area (TPSA) is 79.6 Å². The Morgan fingerprint density at radius 1 is 1.20 bits per heavy atom. The van der Waals surface area contributed by atoms with Crippen LogP contribution in [0.15, 0.2) is 41.0 Å². The Kier molecular flexibility index (Phi) is 4.93. The van der Waals surface area contributed by atoms with Crippen LogP contribution in [0.2, 0.25) is 0 Å². The van der Waals surface area contributed by atoms with Crippen molar-refractivity contribution in [3.63, 3.8) is 0 Å². The van der Waals surface area contributed by atoms with Gasteiger partial charge in [-0.3, -0.25) is 14.9 Å². The van der Waals surface area contributed by atoms with Crippen molar-refractivity contribution in [1.82, 2.24) is 9.88 Å². The van der Waals surface area contributed by atoms with Gasteiger partial charge in [0.15, 0.2) is 0 Å². The summed E-state index contributed by atoms with van der Waals surface area (Å²) in [5, 5.41) is 10.7. The van der Waals surface area contributed by atoms with Crippen LogP contribution in [0.5, 0.6) is 0 Å². The van der Waals surface area contributed by atoms with Gasteiger partial charge < -0.3 is 9.80 Å². The van der Waals surface area contributed by atoms with Crippen LogP contribution in [-0.2, 0) is 0 Å². The molecule has 3 rings (SSSR count). The summed E-state index contributed by atoms with van der Waals surface area (Å²) in [7, 11) is 0. The third kappa shape index (κ3) is 3.76. The smallest absolute Gasteiger partial charge is 0.287 e. The minimum atomic E-state index is -0.496. The van der Waals surface area contributed by atoms with Gasteiger partial charge in [-0.25, -0.2) is 9.37 Å². The molecular weight excluding hydrogens is 395 g/mol. The Morgan fingerprint density at radius 3 is 2.52 bits per heavy atom. The third-order valence-electron chi connectivity index (χ3n) is 3.99. The molecule has 9 heteroatoms. The summed E-state index contributed by atoms with van der Waals surface area (Å²) < 4.78 is 13.9. The molecule has 1 saturated heterocycles. The Balaban J connectivity index is 1.66. The number of piperazine rings is 1. The highest BCUT2D eigenvalue weighted by Gasteiger charge is 2.24. The van der Waals surface area contributed by atoms with Crippen LogP contribution in [0.25, 0.3) is 0 Å². The van der Waals surface area contributed by atoms with Gasteiger partial charge in [-0.2, -0.15) is 0 Å². The largest absolute Gasteiger partial charge is 0.353 e. The highest BCUT2D eigenvalue weighted by molar-refractivity contribution is 9.10. The number of carbonyl (C=O) groups is 1. The van der Waals surface area contributed by atoms with E-state index in [1.54, 1.807) is 11.0 Å². The number of anilines is 1. The van der Waals surface area contributed by atoms with Crippen LogP contribution in [0.3, 0.4) is 0 Å². The SMILES string of the molecule is O=C(c1cc(F)ccc1Br)N1CCN(c2ccc([N+](=O)[O-])cn2)CC1. The summed E-state index contributed by atoms with van der Waals surface area (Å²) in [5.41, 5.74) is 0.232. The first-order valence-corrected chi connectivity index (χ1v) is 8.35. The fourth-order valence-electron chi connectivity index (χ4n) is 2.64. The molecule has 0 aliphatic carbocycles. The maximum atomic E-state index is 13.4. The number of pyridine rings is 1. The molecule has 1 fully saturated rings. The molecule has 0 bridgehead atoms. The Bertz CT molecular complexity index is 808. The zero-order chi connectivity index (χ0) is 18.0. The van der Waals surface area contributed by atoms with Crippen molar-refractivity contribution in [2.24, 2.45) is 0 Å². The molecule has 1 aromatic heterocycles. The van der Waals surface area contributed by atoms with E-state index in [-0.39, 0.29) is 11.6 Å². The molecular formula is C16H14BrFN4O3. The van der Waals surface area contributed by atoms with Gasteiger partial charge in [-0.15, -0.1) is 0 Å². The zero-order valence-corrected chi connectivity index (χ0v) is 14.6. The van der Waals surface area contributed by atoms with E-state index >= 15 is 0 Å². The Morgan fingerprint density at radius 2 is 1.92 bits per heavy atom. The molecule has 0 N–H and O–H groups in total. The lowest BCUT2D eigenvalue weighted by molar-refractivity contribution is -0.385. The second-order valence-corrected chi connectivity index (χ2v) is 6.39. The van der Waals surface area contributed by atoms with Crippen molar-refractivity contribution in [1.29, 1.82) is 0 Å². The molecule has 2 heterocycles. The highest BCUT2D eigenvalue weighted by Crippen LogP contribution is 2.22. The first kappa shape index (κ1) is 17.3. The minimum absolute atomic E-state index is 0.0616. The molecule has 0 unspecified atom stereocenters. The Hall–Kier alpha value is -2.55. The van der Waals surface area contributed by atoms with Crippen molar-refractivity contribution >= 4 is 33.3 Å². The first-order chi connectivity index (χ1) is 12.0. The summed E-state index contributed by atoms with van der Waals surface area (Å²) in [6.45, 7) is 2.01. The van der Waals surface area contributed by atoms with Gasteiger partial charge in [-0.1, -0.05) is 0 Å². The predicted octanol–water partition coefficient (Wildman–Crippen LogP) is 2.85. The van der Waals surface area contributed by atoms with Crippen LogP contribution in [0.1, 0.15) is 10.4 Å². The molecule has 1 aliphatic heterocycles. The van der Waals surface area contributed by atoms with E-state index in [2.05, 4.69) is 20.9 Å². The summed E-state index contributed by atoms with van der Waals surface area (Å²) >= 11 is 3.28. The molecule has 1 aromatic carbocycles. The maximum absolute atomic E-state index is 13.4. The summed E-state index contributed by atoms with van der Waals surface area (Å²) in [6.07, 6.45) is 1.22. The standard InChI is InChI=1S/C16H14BrFN4O3/c17-14-3-1-11(18)9-13(14)16(23)21-7-5-20(6-8-21)15-4-2-12(10-19-15)22(24)25/h1-4,9-10H,5-8H2. The van der Waals surface area contributed by atoms with Crippen LogP contribution in [0.4, 0.5) is 15.9 Å². The number of rotatable bonds is 3. The number of carbonyl (C=O) groups excluding carboxylic acids is 1. The normalized spacial score (nSPS) is 14.5. The molecule has 1 amide bonds. The predicted molar refractivity (Wildman–Crippen MR) is 93.1 cm³/mol. The van der Waals surface area contributed by atoms with Crippen LogP contribution >= 0.6 is 15.9 Å². The Labute approximate surface area is 151 Å². The molecule has 1 aliphatic rings.